The number of urea groups is 1. The first kappa shape index (κ1) is 36.6. The minimum absolute atomic E-state index is 0.0431. The van der Waals surface area contributed by atoms with Crippen molar-refractivity contribution in [1.82, 2.24) is 20.9 Å². The lowest BCUT2D eigenvalue weighted by atomic mass is 9.97. The van der Waals surface area contributed by atoms with Crippen LogP contribution in [-0.4, -0.2) is 56.7 Å². The molecule has 0 bridgehead atoms. The maximum Gasteiger partial charge on any atom is 0.416 e. The summed E-state index contributed by atoms with van der Waals surface area (Å²) in [4.78, 5) is 41.3. The van der Waals surface area contributed by atoms with Crippen molar-refractivity contribution < 1.29 is 45.8 Å². The predicted molar refractivity (Wildman–Crippen MR) is 167 cm³/mol. The van der Waals surface area contributed by atoms with Crippen LogP contribution in [0.4, 0.5) is 31.1 Å². The van der Waals surface area contributed by atoms with Gasteiger partial charge >= 0.3 is 18.4 Å². The van der Waals surface area contributed by atoms with Crippen LogP contribution in [0.2, 0.25) is 0 Å². The number of halogens is 6. The molecule has 0 aromatic heterocycles. The molecular formula is C33H34F6N4O4S. The summed E-state index contributed by atoms with van der Waals surface area (Å²) in [6.45, 7) is 2.39. The second-order valence-corrected chi connectivity index (χ2v) is 13.3. The number of nitrogens with one attached hydrogen (secondary N) is 3. The number of thioether (sulfide) groups is 1. The highest BCUT2D eigenvalue weighted by molar-refractivity contribution is 8.00. The van der Waals surface area contributed by atoms with Crippen molar-refractivity contribution in [1.29, 1.82) is 0 Å². The fourth-order valence-corrected chi connectivity index (χ4v) is 6.58. The summed E-state index contributed by atoms with van der Waals surface area (Å²) >= 11 is 1.22. The molecular weight excluding hydrogens is 662 g/mol. The monoisotopic (exact) mass is 696 g/mol. The number of hydrogen-bond donors (Lipinski definition) is 4. The van der Waals surface area contributed by atoms with E-state index in [1.54, 1.807) is 44.2 Å². The highest BCUT2D eigenvalue weighted by Crippen LogP contribution is 2.40. The van der Waals surface area contributed by atoms with E-state index in [1.165, 1.54) is 48.2 Å². The summed E-state index contributed by atoms with van der Waals surface area (Å²) in [7, 11) is 0. The average molecular weight is 697 g/mol. The Morgan fingerprint density at radius 1 is 0.833 bits per heavy atom. The quantitative estimate of drug-likeness (QED) is 0.210. The molecule has 3 aromatic rings. The molecule has 4 N–H and O–H groups in total. The Kier molecular flexibility index (Phi) is 11.4. The summed E-state index contributed by atoms with van der Waals surface area (Å²) in [5.74, 6) is -1.71. The van der Waals surface area contributed by atoms with Crippen molar-refractivity contribution in [3.63, 3.8) is 0 Å². The lowest BCUT2D eigenvalue weighted by Crippen LogP contribution is -2.59. The summed E-state index contributed by atoms with van der Waals surface area (Å²) in [5, 5.41) is 18.7. The van der Waals surface area contributed by atoms with E-state index in [1.807, 2.05) is 0 Å². The normalized spacial score (nSPS) is 17.4. The molecule has 0 radical (unpaired) electrons. The number of carbonyl (C=O) groups excluding carboxylic acids is 3. The third-order valence-corrected chi connectivity index (χ3v) is 9.24. The summed E-state index contributed by atoms with van der Waals surface area (Å²) in [5.41, 5.74) is -1.59. The molecule has 4 amide bonds. The number of benzene rings is 3. The minimum Gasteiger partial charge on any atom is -0.381 e. The van der Waals surface area contributed by atoms with Crippen LogP contribution in [0.1, 0.15) is 41.7 Å². The van der Waals surface area contributed by atoms with Crippen molar-refractivity contribution in [2.75, 3.05) is 5.88 Å². The van der Waals surface area contributed by atoms with Crippen LogP contribution in [0.3, 0.4) is 0 Å². The zero-order valence-electron chi connectivity index (χ0n) is 25.9. The largest absolute Gasteiger partial charge is 0.416 e. The van der Waals surface area contributed by atoms with Gasteiger partial charge in [-0.1, -0.05) is 66.7 Å². The molecule has 0 aliphatic carbocycles. The van der Waals surface area contributed by atoms with Gasteiger partial charge in [0.25, 0.3) is 5.91 Å². The number of aliphatic hydroxyl groups excluding tert-OH is 1. The highest BCUT2D eigenvalue weighted by atomic mass is 32.2. The van der Waals surface area contributed by atoms with Gasteiger partial charge in [-0.15, -0.1) is 11.8 Å². The van der Waals surface area contributed by atoms with Crippen molar-refractivity contribution >= 4 is 29.6 Å². The molecule has 4 rings (SSSR count). The number of rotatable bonds is 10. The molecule has 3 atom stereocenters. The lowest BCUT2D eigenvalue weighted by Gasteiger charge is -2.33. The summed E-state index contributed by atoms with van der Waals surface area (Å²) in [6, 6.07) is 14.5. The second kappa shape index (κ2) is 14.9. The first-order chi connectivity index (χ1) is 22.5. The fourth-order valence-electron chi connectivity index (χ4n) is 5.44. The topological polar surface area (TPSA) is 111 Å². The Morgan fingerprint density at radius 3 is 1.88 bits per heavy atom. The van der Waals surface area contributed by atoms with Gasteiger partial charge in [0, 0.05) is 17.8 Å². The van der Waals surface area contributed by atoms with Crippen LogP contribution in [0.15, 0.2) is 78.9 Å². The van der Waals surface area contributed by atoms with E-state index < -0.39 is 77.3 Å². The van der Waals surface area contributed by atoms with E-state index >= 15 is 0 Å². The zero-order chi connectivity index (χ0) is 35.3. The number of amides is 4. The lowest BCUT2D eigenvalue weighted by molar-refractivity contribution is -0.147. The molecule has 3 aromatic carbocycles. The third kappa shape index (κ3) is 9.01. The Hall–Kier alpha value is -4.24. The van der Waals surface area contributed by atoms with E-state index in [0.29, 0.717) is 5.56 Å². The maximum atomic E-state index is 13.8. The summed E-state index contributed by atoms with van der Waals surface area (Å²) in [6.07, 6.45) is -11.3. The van der Waals surface area contributed by atoms with E-state index in [2.05, 4.69) is 16.0 Å². The predicted octanol–water partition coefficient (Wildman–Crippen LogP) is 5.49. The van der Waals surface area contributed by atoms with Crippen molar-refractivity contribution in [2.24, 2.45) is 0 Å². The molecule has 3 unspecified atom stereocenters. The van der Waals surface area contributed by atoms with Crippen LogP contribution in [0.25, 0.3) is 0 Å². The zero-order valence-corrected chi connectivity index (χ0v) is 26.7. The van der Waals surface area contributed by atoms with E-state index in [-0.39, 0.29) is 23.4 Å². The standard InChI is InChI=1S/C33H34F6N4O4S/c1-31(2)27(28(45)40-17-21-12-6-8-14-23(21)32(34,35)36)43(19-48-31)29(46)26(44)25(16-20-10-4-3-5-11-20)42-30(47)41-18-22-13-7-9-15-24(22)33(37,38)39/h3-15,25-27,44H,16-19H2,1-2H3,(H,40,45)(H2,41,42,47). The van der Waals surface area contributed by atoms with Gasteiger partial charge in [-0.05, 0) is 49.1 Å². The highest BCUT2D eigenvalue weighted by Gasteiger charge is 2.50. The van der Waals surface area contributed by atoms with Gasteiger partial charge in [-0.25, -0.2) is 4.79 Å². The van der Waals surface area contributed by atoms with Gasteiger partial charge in [0.15, 0.2) is 6.10 Å². The number of nitrogens with zero attached hydrogens (tertiary/aromatic N) is 1. The van der Waals surface area contributed by atoms with Crippen LogP contribution < -0.4 is 16.0 Å². The molecule has 15 heteroatoms. The smallest absolute Gasteiger partial charge is 0.381 e. The molecule has 258 valence electrons. The maximum absolute atomic E-state index is 13.8. The van der Waals surface area contributed by atoms with Crippen molar-refractivity contribution in [3.05, 3.63) is 107 Å². The average Bonchev–Trinajstić information content (AvgIpc) is 3.36. The van der Waals surface area contributed by atoms with E-state index in [9.17, 15) is 45.8 Å². The first-order valence-corrected chi connectivity index (χ1v) is 15.8. The second-order valence-electron chi connectivity index (χ2n) is 11.7. The number of carbonyl (C=O) groups is 3. The molecule has 1 heterocycles. The van der Waals surface area contributed by atoms with Crippen molar-refractivity contribution in [2.45, 2.75) is 68.6 Å². The Balaban J connectivity index is 1.51. The molecule has 0 saturated carbocycles. The van der Waals surface area contributed by atoms with Gasteiger partial charge < -0.3 is 26.0 Å². The summed E-state index contributed by atoms with van der Waals surface area (Å²) < 4.78 is 79.9. The molecule has 1 aliphatic rings. The van der Waals surface area contributed by atoms with Gasteiger partial charge in [-0.2, -0.15) is 26.3 Å². The number of alkyl halides is 6. The molecule has 0 spiro atoms. The Morgan fingerprint density at radius 2 is 1.33 bits per heavy atom. The number of aliphatic hydroxyl groups is 1. The minimum atomic E-state index is -4.65. The van der Waals surface area contributed by atoms with E-state index in [0.717, 1.165) is 17.0 Å². The van der Waals surface area contributed by atoms with Crippen LogP contribution in [-0.2, 0) is 41.5 Å². The Bertz CT molecular complexity index is 1600. The van der Waals surface area contributed by atoms with Crippen LogP contribution in [0.5, 0.6) is 0 Å². The third-order valence-electron chi connectivity index (χ3n) is 7.86. The number of hydrogen-bond acceptors (Lipinski definition) is 5. The Labute approximate surface area is 277 Å². The van der Waals surface area contributed by atoms with E-state index in [4.69, 9.17) is 0 Å². The first-order valence-electron chi connectivity index (χ1n) is 14.8. The molecule has 1 saturated heterocycles. The van der Waals surface area contributed by atoms with Crippen molar-refractivity contribution in [3.8, 4) is 0 Å². The van der Waals surface area contributed by atoms with Crippen LogP contribution >= 0.6 is 11.8 Å². The van der Waals surface area contributed by atoms with Gasteiger partial charge in [0.05, 0.1) is 23.0 Å². The molecule has 8 nitrogen and oxygen atoms in total. The molecule has 1 aliphatic heterocycles. The fraction of sp³-hybridized carbons (Fsp3) is 0.364. The molecule has 48 heavy (non-hydrogen) atoms. The van der Waals surface area contributed by atoms with Gasteiger partial charge in [0.1, 0.15) is 6.04 Å². The SMILES string of the molecule is CC1(C)SCN(C(=O)C(O)C(Cc2ccccc2)NC(=O)NCc2ccccc2C(F)(F)F)C1C(=O)NCc1ccccc1C(F)(F)F. The molecule has 1 fully saturated rings. The van der Waals surface area contributed by atoms with Crippen LogP contribution in [0, 0.1) is 0 Å². The van der Waals surface area contributed by atoms with Gasteiger partial charge in [-0.3, -0.25) is 9.59 Å². The van der Waals surface area contributed by atoms with Gasteiger partial charge in [0.2, 0.25) is 5.91 Å².